The molecule has 1 atom stereocenters. The Morgan fingerprint density at radius 1 is 1.14 bits per heavy atom. The van der Waals surface area contributed by atoms with Gasteiger partial charge in [-0.2, -0.15) is 0 Å². The van der Waals surface area contributed by atoms with Crippen LogP contribution in [0.2, 0.25) is 0 Å². The van der Waals surface area contributed by atoms with Gasteiger partial charge in [0.1, 0.15) is 5.75 Å². The van der Waals surface area contributed by atoms with Crippen LogP contribution in [-0.2, 0) is 0 Å². The molecule has 7 nitrogen and oxygen atoms in total. The summed E-state index contributed by atoms with van der Waals surface area (Å²) in [5.41, 5.74) is 1.85. The van der Waals surface area contributed by atoms with Gasteiger partial charge in [-0.3, -0.25) is 4.79 Å². The Morgan fingerprint density at radius 2 is 2.00 bits per heavy atom. The number of nitrogens with zero attached hydrogens (tertiary/aromatic N) is 3. The first-order valence-electron chi connectivity index (χ1n) is 9.51. The number of benzene rings is 1. The third kappa shape index (κ3) is 3.52. The van der Waals surface area contributed by atoms with E-state index in [1.807, 2.05) is 42.2 Å². The fourth-order valence-corrected chi connectivity index (χ4v) is 3.69. The minimum absolute atomic E-state index is 0.136. The van der Waals surface area contributed by atoms with E-state index in [0.717, 1.165) is 42.7 Å². The van der Waals surface area contributed by atoms with Crippen molar-refractivity contribution < 1.29 is 18.6 Å². The molecule has 28 heavy (non-hydrogen) atoms. The molecule has 1 aliphatic rings. The maximum atomic E-state index is 13.3. The van der Waals surface area contributed by atoms with Gasteiger partial charge in [-0.15, -0.1) is 0 Å². The van der Waals surface area contributed by atoms with E-state index in [2.05, 4.69) is 10.3 Å². The maximum absolute atomic E-state index is 13.3. The van der Waals surface area contributed by atoms with E-state index in [4.69, 9.17) is 13.8 Å². The van der Waals surface area contributed by atoms with Crippen molar-refractivity contribution in [2.24, 2.45) is 0 Å². The molecular weight excluding hydrogens is 358 g/mol. The second-order valence-corrected chi connectivity index (χ2v) is 7.01. The Bertz CT molecular complexity index is 962. The third-order valence-corrected chi connectivity index (χ3v) is 5.09. The van der Waals surface area contributed by atoms with Crippen molar-refractivity contribution in [2.45, 2.75) is 38.6 Å². The number of amides is 1. The van der Waals surface area contributed by atoms with Gasteiger partial charge in [-0.25, -0.2) is 0 Å². The average molecular weight is 381 g/mol. The van der Waals surface area contributed by atoms with Gasteiger partial charge < -0.3 is 18.7 Å². The quantitative estimate of drug-likeness (QED) is 0.666. The van der Waals surface area contributed by atoms with Gasteiger partial charge in [0.05, 0.1) is 24.4 Å². The van der Waals surface area contributed by atoms with E-state index in [1.165, 1.54) is 0 Å². The van der Waals surface area contributed by atoms with Crippen molar-refractivity contribution in [3.05, 3.63) is 53.5 Å². The van der Waals surface area contributed by atoms with E-state index < -0.39 is 0 Å². The first-order valence-corrected chi connectivity index (χ1v) is 9.51. The van der Waals surface area contributed by atoms with Crippen molar-refractivity contribution >= 4 is 5.91 Å². The molecule has 3 heterocycles. The molecule has 146 valence electrons. The predicted octanol–water partition coefficient (Wildman–Crippen LogP) is 4.40. The zero-order valence-corrected chi connectivity index (χ0v) is 16.1. The van der Waals surface area contributed by atoms with Gasteiger partial charge in [0.2, 0.25) is 0 Å². The Balaban J connectivity index is 1.63. The molecule has 1 fully saturated rings. The molecular formula is C21H23N3O4. The van der Waals surface area contributed by atoms with Crippen LogP contribution in [0.3, 0.4) is 0 Å². The topological polar surface area (TPSA) is 81.6 Å². The summed E-state index contributed by atoms with van der Waals surface area (Å²) in [5.74, 6) is 1.73. The minimum Gasteiger partial charge on any atom is -0.496 e. The largest absolute Gasteiger partial charge is 0.496 e. The van der Waals surface area contributed by atoms with E-state index in [1.54, 1.807) is 13.2 Å². The lowest BCUT2D eigenvalue weighted by Gasteiger charge is -2.27. The lowest BCUT2D eigenvalue weighted by Crippen LogP contribution is -2.34. The molecule has 2 aromatic heterocycles. The molecule has 0 bridgehead atoms. The summed E-state index contributed by atoms with van der Waals surface area (Å²) >= 11 is 0. The number of aromatic nitrogens is 2. The lowest BCUT2D eigenvalue weighted by atomic mass is 10.1. The molecule has 7 heteroatoms. The summed E-state index contributed by atoms with van der Waals surface area (Å²) in [4.78, 5) is 15.1. The molecule has 1 aliphatic heterocycles. The van der Waals surface area contributed by atoms with Gasteiger partial charge in [-0.1, -0.05) is 35.3 Å². The van der Waals surface area contributed by atoms with Gasteiger partial charge >= 0.3 is 0 Å². The first kappa shape index (κ1) is 18.3. The van der Waals surface area contributed by atoms with Crippen LogP contribution in [0.4, 0.5) is 0 Å². The fourth-order valence-electron chi connectivity index (χ4n) is 3.69. The van der Waals surface area contributed by atoms with Crippen molar-refractivity contribution in [3.8, 4) is 17.1 Å². The number of rotatable bonds is 4. The summed E-state index contributed by atoms with van der Waals surface area (Å²) in [6, 6.07) is 10.9. The number of hydrogen-bond acceptors (Lipinski definition) is 6. The Labute approximate surface area is 163 Å². The number of ether oxygens (including phenoxy) is 1. The van der Waals surface area contributed by atoms with Crippen LogP contribution in [-0.4, -0.2) is 34.8 Å². The number of likely N-dealkylation sites (tertiary alicyclic amines) is 1. The molecule has 1 aromatic carbocycles. The highest BCUT2D eigenvalue weighted by atomic mass is 16.5. The smallest absolute Gasteiger partial charge is 0.276 e. The van der Waals surface area contributed by atoms with Crippen LogP contribution in [0.1, 0.15) is 53.7 Å². The number of aryl methyl sites for hydroxylation is 1. The molecule has 0 spiro atoms. The summed E-state index contributed by atoms with van der Waals surface area (Å²) in [6.45, 7) is 2.53. The second-order valence-electron chi connectivity index (χ2n) is 7.01. The van der Waals surface area contributed by atoms with Crippen molar-refractivity contribution in [3.63, 3.8) is 0 Å². The standard InChI is InChI=1S/C21H23N3O4/c1-14-12-20(28-22-14)17-9-4-3-7-11-24(17)21(25)16-13-19(27-23-16)15-8-5-6-10-18(15)26-2/h5-6,8,10,12-13,17H,3-4,7,9,11H2,1-2H3. The van der Waals surface area contributed by atoms with Crippen molar-refractivity contribution in [1.82, 2.24) is 15.2 Å². The Hall–Kier alpha value is -3.09. The van der Waals surface area contributed by atoms with Crippen LogP contribution in [0.5, 0.6) is 5.75 Å². The minimum atomic E-state index is -0.161. The van der Waals surface area contributed by atoms with Crippen LogP contribution >= 0.6 is 0 Å². The molecule has 0 N–H and O–H groups in total. The Morgan fingerprint density at radius 3 is 2.79 bits per heavy atom. The van der Waals surface area contributed by atoms with Crippen molar-refractivity contribution in [2.75, 3.05) is 13.7 Å². The summed E-state index contributed by atoms with van der Waals surface area (Å²) in [5, 5.41) is 8.03. The molecule has 1 amide bonds. The summed E-state index contributed by atoms with van der Waals surface area (Å²) in [7, 11) is 1.60. The molecule has 0 saturated carbocycles. The van der Waals surface area contributed by atoms with Gasteiger partial charge in [0, 0.05) is 18.7 Å². The first-order chi connectivity index (χ1) is 13.7. The third-order valence-electron chi connectivity index (χ3n) is 5.09. The molecule has 4 rings (SSSR count). The zero-order valence-electron chi connectivity index (χ0n) is 16.1. The lowest BCUT2D eigenvalue weighted by molar-refractivity contribution is 0.0640. The van der Waals surface area contributed by atoms with Crippen molar-refractivity contribution in [1.29, 1.82) is 0 Å². The van der Waals surface area contributed by atoms with Crippen LogP contribution < -0.4 is 4.74 Å². The monoisotopic (exact) mass is 381 g/mol. The molecule has 0 radical (unpaired) electrons. The predicted molar refractivity (Wildman–Crippen MR) is 102 cm³/mol. The molecule has 1 unspecified atom stereocenters. The number of hydrogen-bond donors (Lipinski definition) is 0. The Kier molecular flexibility index (Phi) is 5.14. The normalized spacial score (nSPS) is 17.4. The highest BCUT2D eigenvalue weighted by Gasteiger charge is 2.32. The van der Waals surface area contributed by atoms with E-state index in [0.29, 0.717) is 18.1 Å². The van der Waals surface area contributed by atoms with Crippen LogP contribution in [0.15, 0.2) is 45.4 Å². The van der Waals surface area contributed by atoms with Crippen LogP contribution in [0.25, 0.3) is 11.3 Å². The number of carbonyl (C=O) groups is 1. The zero-order chi connectivity index (χ0) is 19.5. The highest BCUT2D eigenvalue weighted by Crippen LogP contribution is 2.33. The van der Waals surface area contributed by atoms with Gasteiger partial charge in [0.15, 0.2) is 17.2 Å². The molecule has 1 saturated heterocycles. The number of para-hydroxylation sites is 1. The molecule has 0 aliphatic carbocycles. The van der Waals surface area contributed by atoms with E-state index in [9.17, 15) is 4.79 Å². The fraction of sp³-hybridized carbons (Fsp3) is 0.381. The average Bonchev–Trinajstić information content (AvgIpc) is 3.31. The maximum Gasteiger partial charge on any atom is 0.276 e. The van der Waals surface area contributed by atoms with Gasteiger partial charge in [-0.05, 0) is 31.9 Å². The SMILES string of the molecule is COc1ccccc1-c1cc(C(=O)N2CCCCCC2c2cc(C)no2)no1. The van der Waals surface area contributed by atoms with Crippen LogP contribution in [0, 0.1) is 6.92 Å². The summed E-state index contributed by atoms with van der Waals surface area (Å²) in [6.07, 6.45) is 3.92. The molecule has 3 aromatic rings. The van der Waals surface area contributed by atoms with Gasteiger partial charge in [0.25, 0.3) is 5.91 Å². The van der Waals surface area contributed by atoms with E-state index in [-0.39, 0.29) is 17.6 Å². The summed E-state index contributed by atoms with van der Waals surface area (Å²) < 4.78 is 16.3. The van der Waals surface area contributed by atoms with E-state index >= 15 is 0 Å². The number of methoxy groups -OCH3 is 1. The highest BCUT2D eigenvalue weighted by molar-refractivity contribution is 5.93. The number of carbonyl (C=O) groups excluding carboxylic acids is 1. The second kappa shape index (κ2) is 7.88.